The van der Waals surface area contributed by atoms with Crippen LogP contribution in [0.4, 0.5) is 0 Å². The molecule has 0 saturated carbocycles. The molecule has 0 atom stereocenters. The summed E-state index contributed by atoms with van der Waals surface area (Å²) in [6.07, 6.45) is -0.466. The van der Waals surface area contributed by atoms with Crippen LogP contribution in [0, 0.1) is 6.92 Å². The number of hydrogen-bond acceptors (Lipinski definition) is 5. The van der Waals surface area contributed by atoms with Crippen molar-refractivity contribution in [1.82, 2.24) is 0 Å². The molecule has 0 N–H and O–H groups in total. The van der Waals surface area contributed by atoms with Gasteiger partial charge in [0.15, 0.2) is 0 Å². The van der Waals surface area contributed by atoms with Gasteiger partial charge in [0.1, 0.15) is 17.9 Å². The van der Waals surface area contributed by atoms with E-state index in [9.17, 15) is 14.7 Å². The van der Waals surface area contributed by atoms with Gasteiger partial charge < -0.3 is 19.1 Å². The molecular formula is C19H14BrO5-. The first-order chi connectivity index (χ1) is 11.9. The van der Waals surface area contributed by atoms with Crippen LogP contribution in [-0.2, 0) is 17.8 Å². The van der Waals surface area contributed by atoms with Gasteiger partial charge in [-0.25, -0.2) is 4.79 Å². The number of rotatable bonds is 5. The summed E-state index contributed by atoms with van der Waals surface area (Å²) >= 11 is 3.38. The highest BCUT2D eigenvalue weighted by Crippen LogP contribution is 2.25. The summed E-state index contributed by atoms with van der Waals surface area (Å²) in [5, 5.41) is 11.5. The molecule has 2 aromatic carbocycles. The second kappa shape index (κ2) is 7.11. The van der Waals surface area contributed by atoms with E-state index in [4.69, 9.17) is 9.15 Å². The predicted octanol–water partition coefficient (Wildman–Crippen LogP) is 2.74. The number of carboxylic acids is 1. The average molecular weight is 402 g/mol. The molecule has 0 saturated heterocycles. The van der Waals surface area contributed by atoms with E-state index in [-0.39, 0.29) is 5.56 Å². The van der Waals surface area contributed by atoms with E-state index in [1.54, 1.807) is 25.1 Å². The molecule has 0 aliphatic carbocycles. The number of carbonyl (C=O) groups is 1. The number of aryl methyl sites for hydroxylation is 1. The predicted molar refractivity (Wildman–Crippen MR) is 94.4 cm³/mol. The maximum absolute atomic E-state index is 12.0. The smallest absolute Gasteiger partial charge is 0.340 e. The van der Waals surface area contributed by atoms with Gasteiger partial charge in [-0.05, 0) is 42.3 Å². The zero-order valence-electron chi connectivity index (χ0n) is 13.4. The number of benzene rings is 2. The topological polar surface area (TPSA) is 79.6 Å². The Morgan fingerprint density at radius 1 is 1.20 bits per heavy atom. The van der Waals surface area contributed by atoms with Crippen molar-refractivity contribution in [3.8, 4) is 5.75 Å². The van der Waals surface area contributed by atoms with Crippen molar-refractivity contribution in [3.05, 3.63) is 74.0 Å². The molecule has 128 valence electrons. The van der Waals surface area contributed by atoms with Crippen molar-refractivity contribution in [2.45, 2.75) is 20.0 Å². The molecule has 1 heterocycles. The third kappa shape index (κ3) is 3.91. The molecule has 0 amide bonds. The molecule has 3 rings (SSSR count). The van der Waals surface area contributed by atoms with Gasteiger partial charge >= 0.3 is 5.63 Å². The Morgan fingerprint density at radius 3 is 2.60 bits per heavy atom. The summed E-state index contributed by atoms with van der Waals surface area (Å²) < 4.78 is 12.0. The lowest BCUT2D eigenvalue weighted by molar-refractivity contribution is -0.304. The number of aliphatic carboxylic acids is 1. The van der Waals surface area contributed by atoms with Crippen LogP contribution in [0.3, 0.4) is 0 Å². The molecule has 1 aromatic heterocycles. The van der Waals surface area contributed by atoms with E-state index in [1.165, 1.54) is 0 Å². The average Bonchev–Trinajstić information content (AvgIpc) is 2.57. The van der Waals surface area contributed by atoms with Crippen molar-refractivity contribution >= 4 is 32.9 Å². The minimum Gasteiger partial charge on any atom is -0.550 e. The maximum Gasteiger partial charge on any atom is 0.340 e. The Balaban J connectivity index is 1.88. The Bertz CT molecular complexity index is 989. The molecule has 25 heavy (non-hydrogen) atoms. The largest absolute Gasteiger partial charge is 0.550 e. The first kappa shape index (κ1) is 17.2. The molecule has 0 aliphatic rings. The number of carbonyl (C=O) groups excluding carboxylic acids is 1. The molecular weight excluding hydrogens is 388 g/mol. The zero-order chi connectivity index (χ0) is 18.0. The molecule has 6 heteroatoms. The lowest BCUT2D eigenvalue weighted by Crippen LogP contribution is -2.27. The number of carboxylic acid groups (broad SMARTS) is 1. The quantitative estimate of drug-likeness (QED) is 0.614. The Labute approximate surface area is 152 Å². The molecule has 0 aliphatic heterocycles. The fourth-order valence-electron chi connectivity index (χ4n) is 2.56. The Hall–Kier alpha value is -2.60. The first-order valence-corrected chi connectivity index (χ1v) is 8.37. The summed E-state index contributed by atoms with van der Waals surface area (Å²) in [5.74, 6) is -0.755. The van der Waals surface area contributed by atoms with E-state index in [2.05, 4.69) is 15.9 Å². The lowest BCUT2D eigenvalue weighted by atomic mass is 10.0. The maximum atomic E-state index is 12.0. The van der Waals surface area contributed by atoms with Crippen LogP contribution in [0.5, 0.6) is 5.75 Å². The first-order valence-electron chi connectivity index (χ1n) is 7.57. The van der Waals surface area contributed by atoms with Gasteiger partial charge in [0, 0.05) is 33.9 Å². The van der Waals surface area contributed by atoms with Gasteiger partial charge in [-0.2, -0.15) is 0 Å². The second-order valence-electron chi connectivity index (χ2n) is 5.61. The third-order valence-electron chi connectivity index (χ3n) is 3.90. The van der Waals surface area contributed by atoms with Crippen molar-refractivity contribution in [1.29, 1.82) is 0 Å². The van der Waals surface area contributed by atoms with Crippen molar-refractivity contribution in [2.24, 2.45) is 0 Å². The van der Waals surface area contributed by atoms with E-state index in [1.807, 2.05) is 24.3 Å². The highest BCUT2D eigenvalue weighted by Gasteiger charge is 2.12. The summed E-state index contributed by atoms with van der Waals surface area (Å²) in [5.41, 5.74) is 1.38. The molecule has 3 aromatic rings. The number of ether oxygens (including phenoxy) is 1. The number of hydrogen-bond donors (Lipinski definition) is 0. The van der Waals surface area contributed by atoms with Gasteiger partial charge in [0.2, 0.25) is 0 Å². The summed E-state index contributed by atoms with van der Waals surface area (Å²) in [7, 11) is 0. The molecule has 0 unspecified atom stereocenters. The van der Waals surface area contributed by atoms with Gasteiger partial charge in [0.05, 0.1) is 0 Å². The Morgan fingerprint density at radius 2 is 1.92 bits per heavy atom. The minimum absolute atomic E-state index is 0.107. The fraction of sp³-hybridized carbons (Fsp3) is 0.158. The number of halogens is 1. The summed E-state index contributed by atoms with van der Waals surface area (Å²) in [6, 6.07) is 12.9. The monoisotopic (exact) mass is 401 g/mol. The van der Waals surface area contributed by atoms with Gasteiger partial charge in [-0.1, -0.05) is 28.1 Å². The molecule has 0 fully saturated rings. The second-order valence-corrected chi connectivity index (χ2v) is 6.53. The summed E-state index contributed by atoms with van der Waals surface area (Å²) in [6.45, 7) is 2.07. The van der Waals surface area contributed by atoms with Crippen LogP contribution < -0.4 is 15.5 Å². The zero-order valence-corrected chi connectivity index (χ0v) is 15.0. The van der Waals surface area contributed by atoms with Crippen LogP contribution in [0.1, 0.15) is 16.7 Å². The SMILES string of the molecule is Cc1c(CC(=O)[O-])c(=O)oc2cc(OCc3ccc(Br)cc3)ccc12. The van der Waals surface area contributed by atoms with Crippen molar-refractivity contribution in [3.63, 3.8) is 0 Å². The van der Waals surface area contributed by atoms with Gasteiger partial charge in [0.25, 0.3) is 0 Å². The van der Waals surface area contributed by atoms with Crippen LogP contribution in [-0.4, -0.2) is 5.97 Å². The highest BCUT2D eigenvalue weighted by atomic mass is 79.9. The normalized spacial score (nSPS) is 10.8. The van der Waals surface area contributed by atoms with Crippen molar-refractivity contribution in [2.75, 3.05) is 0 Å². The van der Waals surface area contributed by atoms with Crippen LogP contribution in [0.25, 0.3) is 11.0 Å². The summed E-state index contributed by atoms with van der Waals surface area (Å²) in [4.78, 5) is 22.8. The van der Waals surface area contributed by atoms with Gasteiger partial charge in [-0.15, -0.1) is 0 Å². The third-order valence-corrected chi connectivity index (χ3v) is 4.43. The van der Waals surface area contributed by atoms with Crippen LogP contribution in [0.2, 0.25) is 0 Å². The molecule has 5 nitrogen and oxygen atoms in total. The van der Waals surface area contributed by atoms with Crippen molar-refractivity contribution < 1.29 is 19.1 Å². The minimum atomic E-state index is -1.32. The molecule has 0 spiro atoms. The van der Waals surface area contributed by atoms with Crippen LogP contribution >= 0.6 is 15.9 Å². The van der Waals surface area contributed by atoms with E-state index >= 15 is 0 Å². The molecule has 0 bridgehead atoms. The Kier molecular flexibility index (Phi) is 4.90. The lowest BCUT2D eigenvalue weighted by Gasteiger charge is -2.10. The van der Waals surface area contributed by atoms with Crippen LogP contribution in [0.15, 0.2) is 56.1 Å². The number of fused-ring (bicyclic) bond motifs is 1. The fourth-order valence-corrected chi connectivity index (χ4v) is 2.82. The highest BCUT2D eigenvalue weighted by molar-refractivity contribution is 9.10. The van der Waals surface area contributed by atoms with Gasteiger partial charge in [-0.3, -0.25) is 0 Å². The standard InChI is InChI=1S/C19H15BrO5/c1-11-15-7-6-14(24-10-12-2-4-13(20)5-3-12)8-17(15)25-19(23)16(11)9-18(21)22/h2-8H,9-10H2,1H3,(H,21,22)/p-1. The van der Waals surface area contributed by atoms with E-state index < -0.39 is 18.0 Å². The van der Waals surface area contributed by atoms with E-state index in [0.717, 1.165) is 10.0 Å². The van der Waals surface area contributed by atoms with E-state index in [0.29, 0.717) is 28.9 Å². The molecule has 0 radical (unpaired) electrons.